The fourth-order valence-corrected chi connectivity index (χ4v) is 0.741. The highest BCUT2D eigenvalue weighted by molar-refractivity contribution is 6.34. The van der Waals surface area contributed by atoms with E-state index in [9.17, 15) is 0 Å². The summed E-state index contributed by atoms with van der Waals surface area (Å²) in [6, 6.07) is 2.01. The van der Waals surface area contributed by atoms with Gasteiger partial charge in [-0.05, 0) is 19.9 Å². The Morgan fingerprint density at radius 3 is 2.45 bits per heavy atom. The standard InChI is InChI=1S/C8H9Cl2N/c1-3-7(9)4-8(10)6(2)5-11/h3-4,6H,1-2H3/b7-3+,8-4+. The van der Waals surface area contributed by atoms with Gasteiger partial charge in [-0.15, -0.1) is 0 Å². The third-order valence-corrected chi connectivity index (χ3v) is 1.92. The predicted molar refractivity (Wildman–Crippen MR) is 48.3 cm³/mol. The molecule has 0 aliphatic heterocycles. The largest absolute Gasteiger partial charge is 0.198 e. The molecule has 0 bridgehead atoms. The molecule has 0 heterocycles. The number of hydrogen-bond acceptors (Lipinski definition) is 1. The maximum atomic E-state index is 8.45. The van der Waals surface area contributed by atoms with Gasteiger partial charge in [-0.1, -0.05) is 29.3 Å². The smallest absolute Gasteiger partial charge is 0.0792 e. The molecule has 1 atom stereocenters. The van der Waals surface area contributed by atoms with Gasteiger partial charge in [0.25, 0.3) is 0 Å². The Balaban J connectivity index is 4.36. The highest BCUT2D eigenvalue weighted by atomic mass is 35.5. The van der Waals surface area contributed by atoms with Gasteiger partial charge in [0.05, 0.1) is 12.0 Å². The van der Waals surface area contributed by atoms with Crippen molar-refractivity contribution < 1.29 is 0 Å². The van der Waals surface area contributed by atoms with E-state index >= 15 is 0 Å². The van der Waals surface area contributed by atoms with Gasteiger partial charge >= 0.3 is 0 Å². The van der Waals surface area contributed by atoms with Gasteiger partial charge in [0, 0.05) is 10.1 Å². The number of nitrogens with zero attached hydrogens (tertiary/aromatic N) is 1. The lowest BCUT2D eigenvalue weighted by molar-refractivity contribution is 0.934. The molecule has 11 heavy (non-hydrogen) atoms. The first-order chi connectivity index (χ1) is 5.11. The summed E-state index contributed by atoms with van der Waals surface area (Å²) in [4.78, 5) is 0. The van der Waals surface area contributed by atoms with Crippen LogP contribution in [0.2, 0.25) is 0 Å². The predicted octanol–water partition coefficient (Wildman–Crippen LogP) is 3.41. The summed E-state index contributed by atoms with van der Waals surface area (Å²) in [7, 11) is 0. The molecule has 0 amide bonds. The van der Waals surface area contributed by atoms with Crippen molar-refractivity contribution in [3.05, 3.63) is 22.2 Å². The molecule has 0 saturated carbocycles. The molecule has 60 valence electrons. The molecular formula is C8H9Cl2N. The van der Waals surface area contributed by atoms with Crippen molar-refractivity contribution in [2.24, 2.45) is 5.92 Å². The summed E-state index contributed by atoms with van der Waals surface area (Å²) in [6.45, 7) is 3.53. The molecule has 0 aromatic rings. The fraction of sp³-hybridized carbons (Fsp3) is 0.375. The summed E-state index contributed by atoms with van der Waals surface area (Å²) in [5.41, 5.74) is 0. The minimum atomic E-state index is -0.287. The highest BCUT2D eigenvalue weighted by Gasteiger charge is 2.03. The van der Waals surface area contributed by atoms with E-state index in [1.165, 1.54) is 0 Å². The van der Waals surface area contributed by atoms with E-state index in [2.05, 4.69) is 0 Å². The second-order valence-corrected chi connectivity index (χ2v) is 2.93. The van der Waals surface area contributed by atoms with Crippen LogP contribution in [-0.2, 0) is 0 Å². The topological polar surface area (TPSA) is 23.8 Å². The summed E-state index contributed by atoms with van der Waals surface area (Å²) >= 11 is 11.4. The molecule has 0 N–H and O–H groups in total. The van der Waals surface area contributed by atoms with Crippen molar-refractivity contribution in [3.63, 3.8) is 0 Å². The van der Waals surface area contributed by atoms with Crippen molar-refractivity contribution in [1.29, 1.82) is 5.26 Å². The lowest BCUT2D eigenvalue weighted by Crippen LogP contribution is -1.88. The molecule has 0 fully saturated rings. The van der Waals surface area contributed by atoms with Gasteiger partial charge < -0.3 is 0 Å². The number of hydrogen-bond donors (Lipinski definition) is 0. The van der Waals surface area contributed by atoms with Gasteiger partial charge in [0.2, 0.25) is 0 Å². The molecule has 1 nitrogen and oxygen atoms in total. The van der Waals surface area contributed by atoms with E-state index in [1.54, 1.807) is 26.0 Å². The Labute approximate surface area is 76.9 Å². The maximum Gasteiger partial charge on any atom is 0.0792 e. The Kier molecular flexibility index (Phi) is 5.02. The lowest BCUT2D eigenvalue weighted by atomic mass is 10.2. The van der Waals surface area contributed by atoms with Gasteiger partial charge in [0.1, 0.15) is 0 Å². The molecular weight excluding hydrogens is 181 g/mol. The van der Waals surface area contributed by atoms with Crippen LogP contribution in [0.15, 0.2) is 22.2 Å². The minimum Gasteiger partial charge on any atom is -0.198 e. The summed E-state index contributed by atoms with van der Waals surface area (Å²) in [5, 5.41) is 9.47. The Morgan fingerprint density at radius 1 is 1.55 bits per heavy atom. The zero-order valence-electron chi connectivity index (χ0n) is 6.44. The number of nitriles is 1. The summed E-state index contributed by atoms with van der Waals surface area (Å²) in [6.07, 6.45) is 3.30. The molecule has 0 saturated heterocycles. The zero-order valence-corrected chi connectivity index (χ0v) is 7.95. The van der Waals surface area contributed by atoms with Crippen molar-refractivity contribution in [2.75, 3.05) is 0 Å². The first kappa shape index (κ1) is 10.6. The second kappa shape index (κ2) is 5.23. The summed E-state index contributed by atoms with van der Waals surface area (Å²) < 4.78 is 0. The van der Waals surface area contributed by atoms with Crippen LogP contribution in [0, 0.1) is 17.2 Å². The molecule has 3 heteroatoms. The summed E-state index contributed by atoms with van der Waals surface area (Å²) in [5.74, 6) is -0.287. The van der Waals surface area contributed by atoms with E-state index in [0.29, 0.717) is 10.1 Å². The normalized spacial score (nSPS) is 15.9. The highest BCUT2D eigenvalue weighted by Crippen LogP contribution is 2.17. The molecule has 0 aromatic carbocycles. The van der Waals surface area contributed by atoms with Gasteiger partial charge in [-0.25, -0.2) is 0 Å². The number of rotatable bonds is 2. The van der Waals surface area contributed by atoms with E-state index in [-0.39, 0.29) is 5.92 Å². The van der Waals surface area contributed by atoms with Crippen LogP contribution in [0.4, 0.5) is 0 Å². The van der Waals surface area contributed by atoms with E-state index in [4.69, 9.17) is 28.5 Å². The van der Waals surface area contributed by atoms with Crippen molar-refractivity contribution in [3.8, 4) is 6.07 Å². The fourth-order valence-electron chi connectivity index (χ4n) is 0.402. The van der Waals surface area contributed by atoms with Crippen LogP contribution in [0.3, 0.4) is 0 Å². The maximum absolute atomic E-state index is 8.45. The molecule has 1 unspecified atom stereocenters. The average Bonchev–Trinajstić information content (AvgIpc) is 2.02. The number of halogens is 2. The van der Waals surface area contributed by atoms with Crippen LogP contribution in [0.25, 0.3) is 0 Å². The molecule has 0 rings (SSSR count). The Bertz CT molecular complexity index is 223. The lowest BCUT2D eigenvalue weighted by Gasteiger charge is -1.97. The molecule has 0 aromatic heterocycles. The molecule has 0 spiro atoms. The zero-order chi connectivity index (χ0) is 8.85. The van der Waals surface area contributed by atoms with Crippen molar-refractivity contribution in [1.82, 2.24) is 0 Å². The SMILES string of the molecule is C/C=C(Cl)\C=C(\Cl)C(C)C#N. The second-order valence-electron chi connectivity index (χ2n) is 2.05. The first-order valence-corrected chi connectivity index (χ1v) is 3.96. The van der Waals surface area contributed by atoms with Crippen molar-refractivity contribution >= 4 is 23.2 Å². The van der Waals surface area contributed by atoms with E-state index in [1.807, 2.05) is 6.07 Å². The quantitative estimate of drug-likeness (QED) is 0.612. The third-order valence-electron chi connectivity index (χ3n) is 1.16. The first-order valence-electron chi connectivity index (χ1n) is 3.20. The van der Waals surface area contributed by atoms with Crippen LogP contribution in [0.5, 0.6) is 0 Å². The van der Waals surface area contributed by atoms with Crippen LogP contribution >= 0.6 is 23.2 Å². The van der Waals surface area contributed by atoms with Gasteiger partial charge in [-0.3, -0.25) is 0 Å². The van der Waals surface area contributed by atoms with Crippen molar-refractivity contribution in [2.45, 2.75) is 13.8 Å². The Morgan fingerprint density at radius 2 is 2.09 bits per heavy atom. The van der Waals surface area contributed by atoms with Gasteiger partial charge in [-0.2, -0.15) is 5.26 Å². The monoisotopic (exact) mass is 189 g/mol. The average molecular weight is 190 g/mol. The molecule has 0 aliphatic carbocycles. The third kappa shape index (κ3) is 4.08. The van der Waals surface area contributed by atoms with Gasteiger partial charge in [0.15, 0.2) is 0 Å². The van der Waals surface area contributed by atoms with Crippen LogP contribution in [-0.4, -0.2) is 0 Å². The molecule has 0 radical (unpaired) electrons. The van der Waals surface area contributed by atoms with Crippen LogP contribution in [0.1, 0.15) is 13.8 Å². The minimum absolute atomic E-state index is 0.287. The number of allylic oxidation sites excluding steroid dienone is 4. The van der Waals surface area contributed by atoms with Crippen LogP contribution < -0.4 is 0 Å². The Hall–Kier alpha value is -0.450. The van der Waals surface area contributed by atoms with E-state index in [0.717, 1.165) is 0 Å². The van der Waals surface area contributed by atoms with E-state index < -0.39 is 0 Å². The molecule has 0 aliphatic rings.